The van der Waals surface area contributed by atoms with E-state index in [1.54, 1.807) is 36.1 Å². The Balaban J connectivity index is 2.37. The van der Waals surface area contributed by atoms with Gasteiger partial charge < -0.3 is 15.4 Å². The van der Waals surface area contributed by atoms with Gasteiger partial charge in [0.25, 0.3) is 12.6 Å². The van der Waals surface area contributed by atoms with Crippen molar-refractivity contribution in [3.05, 3.63) is 30.1 Å². The summed E-state index contributed by atoms with van der Waals surface area (Å²) in [6, 6.07) is 3.85. The number of hydrogen-bond donors (Lipinski definition) is 2. The zero-order chi connectivity index (χ0) is 15.7. The number of amides is 1. The second-order valence-corrected chi connectivity index (χ2v) is 4.91. The quantitative estimate of drug-likeness (QED) is 0.544. The first-order chi connectivity index (χ1) is 10.1. The lowest BCUT2D eigenvalue weighted by molar-refractivity contribution is -0.727. The summed E-state index contributed by atoms with van der Waals surface area (Å²) in [6.45, 7) is 2.19. The average Bonchev–Trinajstić information content (AvgIpc) is 2.52. The van der Waals surface area contributed by atoms with Crippen molar-refractivity contribution in [3.63, 3.8) is 0 Å². The minimum Gasteiger partial charge on any atom is -0.405 e. The molecule has 0 saturated heterocycles. The van der Waals surface area contributed by atoms with E-state index in [-0.39, 0.29) is 18.6 Å². The van der Waals surface area contributed by atoms with Crippen LogP contribution in [-0.2, 0) is 16.3 Å². The largest absolute Gasteiger partial charge is 0.405 e. The second kappa shape index (κ2) is 9.07. The van der Waals surface area contributed by atoms with Crippen molar-refractivity contribution >= 4 is 11.9 Å². The predicted octanol–water partition coefficient (Wildman–Crippen LogP) is 0.613. The molecule has 0 aliphatic rings. The van der Waals surface area contributed by atoms with Crippen LogP contribution in [0.3, 0.4) is 0 Å². The highest BCUT2D eigenvalue weighted by Gasteiger charge is 2.11. The first-order valence-electron chi connectivity index (χ1n) is 7.11. The van der Waals surface area contributed by atoms with Crippen LogP contribution >= 0.6 is 0 Å². The third-order valence-electron chi connectivity index (χ3n) is 3.23. The van der Waals surface area contributed by atoms with Gasteiger partial charge in [0.1, 0.15) is 5.56 Å². The van der Waals surface area contributed by atoms with E-state index in [2.05, 4.69) is 17.6 Å². The zero-order valence-corrected chi connectivity index (χ0v) is 12.9. The molecular formula is C15H24N3O3+. The molecule has 21 heavy (non-hydrogen) atoms. The van der Waals surface area contributed by atoms with Crippen molar-refractivity contribution in [1.82, 2.24) is 10.6 Å². The molecule has 1 aromatic rings. The van der Waals surface area contributed by atoms with Gasteiger partial charge in [-0.15, -0.1) is 0 Å². The lowest BCUT2D eigenvalue weighted by Gasteiger charge is -2.08. The van der Waals surface area contributed by atoms with Crippen LogP contribution in [0.2, 0.25) is 0 Å². The van der Waals surface area contributed by atoms with Gasteiger partial charge in [0, 0.05) is 25.6 Å². The number of nitrogens with one attached hydrogen (secondary N) is 2. The summed E-state index contributed by atoms with van der Waals surface area (Å²) in [5.74, 6) is -0.395. The van der Waals surface area contributed by atoms with E-state index >= 15 is 0 Å². The molecular weight excluding hydrogens is 270 g/mol. The van der Waals surface area contributed by atoms with Crippen LogP contribution in [0.5, 0.6) is 0 Å². The molecule has 2 N–H and O–H groups in total. The lowest BCUT2D eigenvalue weighted by atomic mass is 10.1. The second-order valence-electron chi connectivity index (χ2n) is 4.91. The molecule has 0 aliphatic carbocycles. The third-order valence-corrected chi connectivity index (χ3v) is 3.23. The number of hydrogen-bond acceptors (Lipinski definition) is 4. The predicted molar refractivity (Wildman–Crippen MR) is 78.5 cm³/mol. The van der Waals surface area contributed by atoms with Crippen molar-refractivity contribution in [1.29, 1.82) is 0 Å². The summed E-state index contributed by atoms with van der Waals surface area (Å²) in [4.78, 5) is 23.1. The van der Waals surface area contributed by atoms with Crippen LogP contribution < -0.4 is 15.2 Å². The molecule has 0 spiro atoms. The highest BCUT2D eigenvalue weighted by molar-refractivity contribution is 5.93. The van der Waals surface area contributed by atoms with Gasteiger partial charge in [0.2, 0.25) is 0 Å². The van der Waals surface area contributed by atoms with Crippen LogP contribution in [0.1, 0.15) is 36.5 Å². The van der Waals surface area contributed by atoms with Crippen LogP contribution in [0.15, 0.2) is 24.5 Å². The highest BCUT2D eigenvalue weighted by Crippen LogP contribution is 2.01. The van der Waals surface area contributed by atoms with Gasteiger partial charge in [-0.05, 0) is 32.9 Å². The number of pyridine rings is 1. The van der Waals surface area contributed by atoms with E-state index in [1.807, 2.05) is 7.05 Å². The Morgan fingerprint density at radius 1 is 1.38 bits per heavy atom. The molecule has 6 nitrogen and oxygen atoms in total. The van der Waals surface area contributed by atoms with Crippen molar-refractivity contribution < 1.29 is 18.9 Å². The Bertz CT molecular complexity index is 477. The van der Waals surface area contributed by atoms with E-state index < -0.39 is 0 Å². The molecule has 0 saturated carbocycles. The average molecular weight is 294 g/mol. The fourth-order valence-corrected chi connectivity index (χ4v) is 1.80. The standard InChI is InChI=1S/C15H23N3O3/c1-12(16-2)6-4-8-14(19)21-11-18-9-5-7-13(10-18)15(20)17-3/h5,7,9-10,12,16H,4,6,8,11H2,1-3H3/p+1. The minimum atomic E-state index is -0.226. The Hall–Kier alpha value is -1.95. The highest BCUT2D eigenvalue weighted by atomic mass is 16.5. The Morgan fingerprint density at radius 3 is 2.81 bits per heavy atom. The number of ether oxygens (including phenoxy) is 1. The number of carbonyl (C=O) groups excluding carboxylic acids is 2. The summed E-state index contributed by atoms with van der Waals surface area (Å²) >= 11 is 0. The topological polar surface area (TPSA) is 71.3 Å². The monoisotopic (exact) mass is 294 g/mol. The molecule has 0 fully saturated rings. The van der Waals surface area contributed by atoms with Gasteiger partial charge in [0.15, 0.2) is 12.4 Å². The molecule has 1 unspecified atom stereocenters. The summed E-state index contributed by atoms with van der Waals surface area (Å²) in [5.41, 5.74) is 0.527. The Kier molecular flexibility index (Phi) is 7.39. The summed E-state index contributed by atoms with van der Waals surface area (Å²) < 4.78 is 6.85. The number of esters is 1. The van der Waals surface area contributed by atoms with E-state index in [0.717, 1.165) is 12.8 Å². The van der Waals surface area contributed by atoms with Gasteiger partial charge in [-0.1, -0.05) is 0 Å². The summed E-state index contributed by atoms with van der Waals surface area (Å²) in [6.07, 6.45) is 5.54. The Morgan fingerprint density at radius 2 is 2.14 bits per heavy atom. The maximum Gasteiger partial charge on any atom is 0.310 e. The molecule has 1 atom stereocenters. The lowest BCUT2D eigenvalue weighted by Crippen LogP contribution is -2.37. The van der Waals surface area contributed by atoms with E-state index in [9.17, 15) is 9.59 Å². The van der Waals surface area contributed by atoms with E-state index in [4.69, 9.17) is 4.74 Å². The van der Waals surface area contributed by atoms with Crippen LogP contribution in [-0.4, -0.2) is 32.0 Å². The van der Waals surface area contributed by atoms with Gasteiger partial charge in [0.05, 0.1) is 0 Å². The molecule has 6 heteroatoms. The van der Waals surface area contributed by atoms with Crippen molar-refractivity contribution in [2.45, 2.75) is 39.0 Å². The zero-order valence-electron chi connectivity index (χ0n) is 12.9. The molecule has 116 valence electrons. The maximum absolute atomic E-state index is 11.6. The number of aromatic nitrogens is 1. The number of carbonyl (C=O) groups is 2. The van der Waals surface area contributed by atoms with Crippen LogP contribution in [0.4, 0.5) is 0 Å². The summed E-state index contributed by atoms with van der Waals surface area (Å²) in [5, 5.41) is 5.68. The van der Waals surface area contributed by atoms with Crippen molar-refractivity contribution in [3.8, 4) is 0 Å². The molecule has 0 aliphatic heterocycles. The number of rotatable bonds is 8. The van der Waals surface area contributed by atoms with E-state index in [0.29, 0.717) is 18.0 Å². The fraction of sp³-hybridized carbons (Fsp3) is 0.533. The minimum absolute atomic E-state index is 0.116. The molecule has 1 amide bonds. The molecule has 0 aromatic carbocycles. The van der Waals surface area contributed by atoms with Gasteiger partial charge in [-0.25, -0.2) is 0 Å². The fourth-order valence-electron chi connectivity index (χ4n) is 1.80. The smallest absolute Gasteiger partial charge is 0.310 e. The SMILES string of the molecule is CNC(=O)c1ccc[n+](COC(=O)CCCC(C)NC)c1. The van der Waals surface area contributed by atoms with Crippen LogP contribution in [0, 0.1) is 0 Å². The van der Waals surface area contributed by atoms with E-state index in [1.165, 1.54) is 0 Å². The molecule has 1 heterocycles. The first-order valence-corrected chi connectivity index (χ1v) is 7.11. The summed E-state index contributed by atoms with van der Waals surface area (Å²) in [7, 11) is 3.48. The molecule has 1 aromatic heterocycles. The normalized spacial score (nSPS) is 11.8. The third kappa shape index (κ3) is 6.35. The van der Waals surface area contributed by atoms with Gasteiger partial charge in [-0.2, -0.15) is 4.57 Å². The molecule has 0 radical (unpaired) electrons. The van der Waals surface area contributed by atoms with Gasteiger partial charge >= 0.3 is 5.97 Å². The number of nitrogens with zero attached hydrogens (tertiary/aromatic N) is 1. The maximum atomic E-state index is 11.6. The van der Waals surface area contributed by atoms with Crippen molar-refractivity contribution in [2.24, 2.45) is 0 Å². The van der Waals surface area contributed by atoms with Crippen LogP contribution in [0.25, 0.3) is 0 Å². The molecule has 0 bridgehead atoms. The van der Waals surface area contributed by atoms with Crippen molar-refractivity contribution in [2.75, 3.05) is 14.1 Å². The Labute approximate surface area is 125 Å². The van der Waals surface area contributed by atoms with Gasteiger partial charge in [-0.3, -0.25) is 9.59 Å². The first kappa shape index (κ1) is 17.1. The molecule has 1 rings (SSSR count).